The highest BCUT2D eigenvalue weighted by Crippen LogP contribution is 2.39. The first-order valence-electron chi connectivity index (χ1n) is 11.8. The molecular formula is C26H29N3O10. The van der Waals surface area contributed by atoms with Gasteiger partial charge in [0.2, 0.25) is 17.9 Å². The summed E-state index contributed by atoms with van der Waals surface area (Å²) in [6.07, 6.45) is -1.46. The smallest absolute Gasteiger partial charge is 0.351 e. The van der Waals surface area contributed by atoms with Gasteiger partial charge in [0.15, 0.2) is 5.60 Å². The minimum atomic E-state index is -1.50. The van der Waals surface area contributed by atoms with Crippen molar-refractivity contribution in [2.45, 2.75) is 11.7 Å². The first-order valence-corrected chi connectivity index (χ1v) is 11.8. The Morgan fingerprint density at radius 3 is 1.90 bits per heavy atom. The lowest BCUT2D eigenvalue weighted by atomic mass is 9.81. The summed E-state index contributed by atoms with van der Waals surface area (Å²) < 4.78 is 33.4. The topological polar surface area (TPSA) is 151 Å². The van der Waals surface area contributed by atoms with Crippen LogP contribution in [-0.4, -0.2) is 74.9 Å². The molecule has 0 saturated carbocycles. The van der Waals surface area contributed by atoms with E-state index in [9.17, 15) is 14.9 Å². The van der Waals surface area contributed by atoms with E-state index in [4.69, 9.17) is 28.4 Å². The fourth-order valence-corrected chi connectivity index (χ4v) is 3.78. The van der Waals surface area contributed by atoms with Gasteiger partial charge < -0.3 is 33.3 Å². The van der Waals surface area contributed by atoms with Crippen LogP contribution in [0, 0.1) is 10.1 Å². The van der Waals surface area contributed by atoms with E-state index in [1.807, 2.05) is 12.1 Å². The number of benzene rings is 2. The molecule has 0 spiro atoms. The van der Waals surface area contributed by atoms with Crippen molar-refractivity contribution in [2.24, 2.45) is 0 Å². The molecule has 208 valence electrons. The summed E-state index contributed by atoms with van der Waals surface area (Å²) in [5.74, 6) is -0.506. The lowest BCUT2D eigenvalue weighted by Gasteiger charge is -2.38. The zero-order valence-corrected chi connectivity index (χ0v) is 21.7. The van der Waals surface area contributed by atoms with Gasteiger partial charge >= 0.3 is 12.0 Å². The summed E-state index contributed by atoms with van der Waals surface area (Å²) in [5.41, 5.74) is -0.299. The van der Waals surface area contributed by atoms with Crippen LogP contribution in [0.2, 0.25) is 0 Å². The van der Waals surface area contributed by atoms with Crippen LogP contribution in [0.25, 0.3) is 0 Å². The summed E-state index contributed by atoms with van der Waals surface area (Å²) in [6.45, 7) is -0.537. The number of esters is 1. The summed E-state index contributed by atoms with van der Waals surface area (Å²) >= 11 is 0. The number of hydrogen-bond acceptors (Lipinski definition) is 12. The summed E-state index contributed by atoms with van der Waals surface area (Å²) in [4.78, 5) is 36.5. The number of aromatic nitrogens is 2. The number of ether oxygens (including phenoxy) is 6. The standard InChI is InChI=1S/C26H29N3O10/c1-33-21-18-22(34-2)28-25(27-21)39-23(24(30)37-16-14-36-15-17-38-29(31)32)26(35-3,19-10-6-4-7-11-19)20-12-8-5-9-13-20/h4-13,18,23H,14-17H2,1-3H3. The van der Waals surface area contributed by atoms with Gasteiger partial charge in [0.1, 0.15) is 13.2 Å². The van der Waals surface area contributed by atoms with Gasteiger partial charge in [-0.25, -0.2) is 4.79 Å². The van der Waals surface area contributed by atoms with E-state index in [2.05, 4.69) is 14.8 Å². The number of carbonyl (C=O) groups is 1. The zero-order valence-electron chi connectivity index (χ0n) is 21.7. The summed E-state index contributed by atoms with van der Waals surface area (Å²) in [5, 5.41) is 9.33. The molecule has 2 aromatic carbocycles. The van der Waals surface area contributed by atoms with Crippen LogP contribution >= 0.6 is 0 Å². The van der Waals surface area contributed by atoms with E-state index < -0.39 is 22.8 Å². The normalized spacial score (nSPS) is 11.8. The third-order valence-electron chi connectivity index (χ3n) is 5.51. The predicted molar refractivity (Wildman–Crippen MR) is 135 cm³/mol. The quantitative estimate of drug-likeness (QED) is 0.113. The number of nitrogens with zero attached hydrogens (tertiary/aromatic N) is 3. The van der Waals surface area contributed by atoms with Gasteiger partial charge in [-0.3, -0.25) is 0 Å². The van der Waals surface area contributed by atoms with E-state index in [0.717, 1.165) is 0 Å². The van der Waals surface area contributed by atoms with Crippen molar-refractivity contribution in [1.29, 1.82) is 0 Å². The van der Waals surface area contributed by atoms with E-state index in [1.165, 1.54) is 27.4 Å². The molecule has 3 rings (SSSR count). The molecule has 13 heteroatoms. The van der Waals surface area contributed by atoms with Crippen LogP contribution in [0.15, 0.2) is 66.7 Å². The van der Waals surface area contributed by atoms with Gasteiger partial charge in [-0.05, 0) is 11.1 Å². The van der Waals surface area contributed by atoms with Crippen LogP contribution in [-0.2, 0) is 29.4 Å². The Kier molecular flexibility index (Phi) is 10.8. The molecule has 0 fully saturated rings. The number of rotatable bonds is 16. The lowest BCUT2D eigenvalue weighted by Crippen LogP contribution is -2.51. The van der Waals surface area contributed by atoms with E-state index in [0.29, 0.717) is 11.1 Å². The molecular weight excluding hydrogens is 514 g/mol. The van der Waals surface area contributed by atoms with Gasteiger partial charge in [0, 0.05) is 7.11 Å². The minimum Gasteiger partial charge on any atom is -0.481 e. The molecule has 0 bridgehead atoms. The van der Waals surface area contributed by atoms with Crippen molar-refractivity contribution in [3.8, 4) is 17.8 Å². The van der Waals surface area contributed by atoms with Crippen molar-refractivity contribution in [3.63, 3.8) is 0 Å². The number of carbonyl (C=O) groups excluding carboxylic acids is 1. The van der Waals surface area contributed by atoms with Gasteiger partial charge in [0.05, 0.1) is 33.5 Å². The minimum absolute atomic E-state index is 0.0420. The molecule has 1 aromatic heterocycles. The van der Waals surface area contributed by atoms with Gasteiger partial charge in [-0.15, -0.1) is 10.1 Å². The molecule has 3 aromatic rings. The van der Waals surface area contributed by atoms with Crippen LogP contribution < -0.4 is 14.2 Å². The number of hydrogen-bond donors (Lipinski definition) is 0. The van der Waals surface area contributed by atoms with E-state index >= 15 is 0 Å². The average Bonchev–Trinajstić information content (AvgIpc) is 2.97. The van der Waals surface area contributed by atoms with Crippen molar-refractivity contribution in [3.05, 3.63) is 88.0 Å². The van der Waals surface area contributed by atoms with Crippen LogP contribution in [0.5, 0.6) is 17.8 Å². The van der Waals surface area contributed by atoms with Gasteiger partial charge in [-0.1, -0.05) is 60.7 Å². The molecule has 0 aliphatic rings. The SMILES string of the molecule is COc1cc(OC)nc(OC(C(=O)OCCOCCO[N+](=O)[O-])C(OC)(c2ccccc2)c2ccccc2)n1. The first kappa shape index (κ1) is 29.1. The Hall–Kier alpha value is -4.49. The molecule has 13 nitrogen and oxygen atoms in total. The Morgan fingerprint density at radius 1 is 0.872 bits per heavy atom. The molecule has 39 heavy (non-hydrogen) atoms. The van der Waals surface area contributed by atoms with E-state index in [1.54, 1.807) is 48.5 Å². The van der Waals surface area contributed by atoms with Gasteiger partial charge in [-0.2, -0.15) is 9.97 Å². The maximum atomic E-state index is 13.7. The summed E-state index contributed by atoms with van der Waals surface area (Å²) in [7, 11) is 4.29. The first-order chi connectivity index (χ1) is 18.9. The second-order valence-corrected chi connectivity index (χ2v) is 7.74. The van der Waals surface area contributed by atoms with Crippen LogP contribution in [0.4, 0.5) is 0 Å². The average molecular weight is 544 g/mol. The third-order valence-corrected chi connectivity index (χ3v) is 5.51. The molecule has 0 amide bonds. The maximum absolute atomic E-state index is 13.7. The van der Waals surface area contributed by atoms with Crippen LogP contribution in [0.3, 0.4) is 0 Å². The zero-order chi connectivity index (χ0) is 28.1. The van der Waals surface area contributed by atoms with Gasteiger partial charge in [0.25, 0.3) is 5.09 Å². The highest BCUT2D eigenvalue weighted by Gasteiger charge is 2.50. The fourth-order valence-electron chi connectivity index (χ4n) is 3.78. The van der Waals surface area contributed by atoms with Crippen molar-refractivity contribution >= 4 is 5.97 Å². The van der Waals surface area contributed by atoms with Crippen LogP contribution in [0.1, 0.15) is 11.1 Å². The lowest BCUT2D eigenvalue weighted by molar-refractivity contribution is -0.758. The molecule has 0 saturated heterocycles. The maximum Gasteiger partial charge on any atom is 0.351 e. The van der Waals surface area contributed by atoms with E-state index in [-0.39, 0.29) is 44.2 Å². The predicted octanol–water partition coefficient (Wildman–Crippen LogP) is 2.60. The van der Waals surface area contributed by atoms with Crippen molar-refractivity contribution in [1.82, 2.24) is 9.97 Å². The second-order valence-electron chi connectivity index (χ2n) is 7.74. The van der Waals surface area contributed by atoms with Crippen molar-refractivity contribution < 1.29 is 43.1 Å². The highest BCUT2D eigenvalue weighted by atomic mass is 17.0. The summed E-state index contributed by atoms with van der Waals surface area (Å²) in [6, 6.07) is 19.3. The molecule has 1 unspecified atom stereocenters. The van der Waals surface area contributed by atoms with Crippen molar-refractivity contribution in [2.75, 3.05) is 47.8 Å². The Morgan fingerprint density at radius 2 is 1.41 bits per heavy atom. The monoisotopic (exact) mass is 543 g/mol. The molecule has 1 atom stereocenters. The number of methoxy groups -OCH3 is 3. The second kappa shape index (κ2) is 14.4. The molecule has 0 radical (unpaired) electrons. The molecule has 0 N–H and O–H groups in total. The Bertz CT molecular complexity index is 1140. The third kappa shape index (κ3) is 7.52. The Balaban J connectivity index is 1.98. The Labute approximate surface area is 224 Å². The molecule has 0 aliphatic heterocycles. The molecule has 0 aliphatic carbocycles. The fraction of sp³-hybridized carbons (Fsp3) is 0.346. The highest BCUT2D eigenvalue weighted by molar-refractivity contribution is 5.78. The molecule has 1 heterocycles. The largest absolute Gasteiger partial charge is 0.481 e.